The molecular weight excluding hydrogens is 332 g/mol. The van der Waals surface area contributed by atoms with Gasteiger partial charge in [-0.05, 0) is 11.1 Å². The molecule has 0 aromatic heterocycles. The molecule has 2 aromatic rings. The van der Waals surface area contributed by atoms with E-state index in [1.54, 1.807) is 0 Å². The Kier molecular flexibility index (Phi) is 7.36. The number of hydrogen-bond acceptors (Lipinski definition) is 3. The number of amides is 2. The van der Waals surface area contributed by atoms with Crippen molar-refractivity contribution in [2.75, 3.05) is 6.54 Å². The van der Waals surface area contributed by atoms with Gasteiger partial charge in [-0.2, -0.15) is 0 Å². The van der Waals surface area contributed by atoms with Gasteiger partial charge in [0, 0.05) is 19.4 Å². The normalized spacial score (nSPS) is 11.4. The number of benzene rings is 2. The first-order valence-corrected chi connectivity index (χ1v) is 8.41. The van der Waals surface area contributed by atoms with E-state index in [0.717, 1.165) is 11.1 Å². The van der Waals surface area contributed by atoms with Crippen molar-refractivity contribution in [2.45, 2.75) is 25.3 Å². The van der Waals surface area contributed by atoms with E-state index in [-0.39, 0.29) is 31.7 Å². The van der Waals surface area contributed by atoms with Crippen LogP contribution in [-0.4, -0.2) is 35.5 Å². The van der Waals surface area contributed by atoms with Gasteiger partial charge in [0.2, 0.25) is 11.8 Å². The Balaban J connectivity index is 1.74. The second-order valence-electron chi connectivity index (χ2n) is 5.91. The van der Waals surface area contributed by atoms with Crippen LogP contribution in [0.1, 0.15) is 17.5 Å². The van der Waals surface area contributed by atoms with Crippen LogP contribution in [-0.2, 0) is 27.2 Å². The predicted molar refractivity (Wildman–Crippen MR) is 97.5 cm³/mol. The van der Waals surface area contributed by atoms with Crippen LogP contribution in [0.3, 0.4) is 0 Å². The summed E-state index contributed by atoms with van der Waals surface area (Å²) in [6.45, 7) is 0.162. The highest BCUT2D eigenvalue weighted by Gasteiger charge is 2.20. The fourth-order valence-electron chi connectivity index (χ4n) is 2.48. The van der Waals surface area contributed by atoms with E-state index in [9.17, 15) is 19.5 Å². The highest BCUT2D eigenvalue weighted by Crippen LogP contribution is 2.04. The zero-order valence-corrected chi connectivity index (χ0v) is 14.4. The SMILES string of the molecule is O=C(Cc1ccccc1)NCCC(=O)N[C@H](Cc1ccccc1)C(=O)O. The molecule has 6 nitrogen and oxygen atoms in total. The summed E-state index contributed by atoms with van der Waals surface area (Å²) in [5.74, 6) is -1.67. The number of aliphatic carboxylic acids is 1. The lowest BCUT2D eigenvalue weighted by Crippen LogP contribution is -2.43. The maximum atomic E-state index is 12.0. The minimum Gasteiger partial charge on any atom is -0.480 e. The summed E-state index contributed by atoms with van der Waals surface area (Å²) in [4.78, 5) is 35.1. The maximum Gasteiger partial charge on any atom is 0.326 e. The quantitative estimate of drug-likeness (QED) is 0.637. The largest absolute Gasteiger partial charge is 0.480 e. The second-order valence-corrected chi connectivity index (χ2v) is 5.91. The molecule has 0 bridgehead atoms. The monoisotopic (exact) mass is 354 g/mol. The molecule has 0 aliphatic heterocycles. The van der Waals surface area contributed by atoms with Crippen LogP contribution in [0, 0.1) is 0 Å². The number of hydrogen-bond donors (Lipinski definition) is 3. The lowest BCUT2D eigenvalue weighted by molar-refractivity contribution is -0.141. The Morgan fingerprint density at radius 2 is 1.42 bits per heavy atom. The van der Waals surface area contributed by atoms with Crippen LogP contribution in [0.25, 0.3) is 0 Å². The summed E-state index contributed by atoms with van der Waals surface area (Å²) in [7, 11) is 0. The first-order chi connectivity index (χ1) is 12.5. The lowest BCUT2D eigenvalue weighted by atomic mass is 10.1. The minimum atomic E-state index is -1.09. The van der Waals surface area contributed by atoms with E-state index in [1.807, 2.05) is 60.7 Å². The Labute approximate surface area is 152 Å². The van der Waals surface area contributed by atoms with Gasteiger partial charge in [-0.25, -0.2) is 4.79 Å². The summed E-state index contributed by atoms with van der Waals surface area (Å²) in [5, 5.41) is 14.4. The van der Waals surface area contributed by atoms with E-state index in [2.05, 4.69) is 10.6 Å². The van der Waals surface area contributed by atoms with Crippen molar-refractivity contribution in [1.82, 2.24) is 10.6 Å². The van der Waals surface area contributed by atoms with Gasteiger partial charge in [0.1, 0.15) is 6.04 Å². The number of carbonyl (C=O) groups excluding carboxylic acids is 2. The standard InChI is InChI=1S/C20H22N2O4/c23-18(11-12-21-19(24)14-16-9-5-2-6-10-16)22-17(20(25)26)13-15-7-3-1-4-8-15/h1-10,17H,11-14H2,(H,21,24)(H,22,23)(H,25,26)/t17-/m1/s1. The van der Waals surface area contributed by atoms with E-state index in [1.165, 1.54) is 0 Å². The van der Waals surface area contributed by atoms with Gasteiger partial charge >= 0.3 is 5.97 Å². The smallest absolute Gasteiger partial charge is 0.326 e. The zero-order chi connectivity index (χ0) is 18.8. The molecular formula is C20H22N2O4. The molecule has 0 saturated carbocycles. The first kappa shape index (κ1) is 19.2. The van der Waals surface area contributed by atoms with Crippen LogP contribution in [0.2, 0.25) is 0 Å². The number of carboxylic acids is 1. The van der Waals surface area contributed by atoms with E-state index < -0.39 is 17.9 Å². The first-order valence-electron chi connectivity index (χ1n) is 8.41. The molecule has 6 heteroatoms. The third kappa shape index (κ3) is 6.76. The molecule has 0 spiro atoms. The van der Waals surface area contributed by atoms with Crippen LogP contribution in [0.15, 0.2) is 60.7 Å². The molecule has 0 aliphatic carbocycles. The summed E-state index contributed by atoms with van der Waals surface area (Å²) >= 11 is 0. The fraction of sp³-hybridized carbons (Fsp3) is 0.250. The highest BCUT2D eigenvalue weighted by molar-refractivity contribution is 5.84. The Morgan fingerprint density at radius 1 is 0.846 bits per heavy atom. The Bertz CT molecular complexity index is 732. The van der Waals surface area contributed by atoms with Crippen molar-refractivity contribution in [3.8, 4) is 0 Å². The molecule has 0 radical (unpaired) electrons. The van der Waals surface area contributed by atoms with Crippen molar-refractivity contribution in [3.05, 3.63) is 71.8 Å². The van der Waals surface area contributed by atoms with E-state index in [4.69, 9.17) is 0 Å². The molecule has 1 atom stereocenters. The summed E-state index contributed by atoms with van der Waals surface area (Å²) in [5.41, 5.74) is 1.72. The summed E-state index contributed by atoms with van der Waals surface area (Å²) in [6, 6.07) is 17.4. The zero-order valence-electron chi connectivity index (χ0n) is 14.4. The molecule has 0 aliphatic rings. The van der Waals surface area contributed by atoms with Gasteiger partial charge < -0.3 is 15.7 Å². The third-order valence-electron chi connectivity index (χ3n) is 3.80. The van der Waals surface area contributed by atoms with Crippen LogP contribution in [0.5, 0.6) is 0 Å². The van der Waals surface area contributed by atoms with Gasteiger partial charge in [-0.15, -0.1) is 0 Å². The molecule has 136 valence electrons. The highest BCUT2D eigenvalue weighted by atomic mass is 16.4. The number of nitrogens with one attached hydrogen (secondary N) is 2. The van der Waals surface area contributed by atoms with Gasteiger partial charge in [-0.3, -0.25) is 9.59 Å². The third-order valence-corrected chi connectivity index (χ3v) is 3.80. The van der Waals surface area contributed by atoms with Crippen molar-refractivity contribution in [3.63, 3.8) is 0 Å². The van der Waals surface area contributed by atoms with Crippen molar-refractivity contribution in [2.24, 2.45) is 0 Å². The molecule has 2 aromatic carbocycles. The second kappa shape index (κ2) is 9.98. The minimum absolute atomic E-state index is 0.0269. The van der Waals surface area contributed by atoms with Crippen molar-refractivity contribution in [1.29, 1.82) is 0 Å². The molecule has 0 fully saturated rings. The Hall–Kier alpha value is -3.15. The van der Waals surface area contributed by atoms with E-state index in [0.29, 0.717) is 0 Å². The molecule has 0 unspecified atom stereocenters. The molecule has 2 rings (SSSR count). The van der Waals surface area contributed by atoms with Crippen LogP contribution < -0.4 is 10.6 Å². The number of carbonyl (C=O) groups is 3. The van der Waals surface area contributed by atoms with Crippen molar-refractivity contribution < 1.29 is 19.5 Å². The van der Waals surface area contributed by atoms with Gasteiger partial charge in [-0.1, -0.05) is 60.7 Å². The number of rotatable bonds is 9. The average molecular weight is 354 g/mol. The van der Waals surface area contributed by atoms with E-state index >= 15 is 0 Å². The molecule has 0 saturated heterocycles. The van der Waals surface area contributed by atoms with Gasteiger partial charge in [0.25, 0.3) is 0 Å². The number of carboxylic acid groups (broad SMARTS) is 1. The molecule has 2 amide bonds. The molecule has 3 N–H and O–H groups in total. The average Bonchev–Trinajstić information content (AvgIpc) is 2.63. The predicted octanol–water partition coefficient (Wildman–Crippen LogP) is 1.55. The van der Waals surface area contributed by atoms with Crippen molar-refractivity contribution >= 4 is 17.8 Å². The maximum absolute atomic E-state index is 12.0. The lowest BCUT2D eigenvalue weighted by Gasteiger charge is -2.15. The summed E-state index contributed by atoms with van der Waals surface area (Å²) < 4.78 is 0. The molecule has 0 heterocycles. The van der Waals surface area contributed by atoms with Gasteiger partial charge in [0.05, 0.1) is 6.42 Å². The summed E-state index contributed by atoms with van der Waals surface area (Å²) in [6.07, 6.45) is 0.482. The fourth-order valence-corrected chi connectivity index (χ4v) is 2.48. The van der Waals surface area contributed by atoms with Crippen LogP contribution >= 0.6 is 0 Å². The topological polar surface area (TPSA) is 95.5 Å². The van der Waals surface area contributed by atoms with Gasteiger partial charge in [0.15, 0.2) is 0 Å². The van der Waals surface area contributed by atoms with Crippen LogP contribution in [0.4, 0.5) is 0 Å². The Morgan fingerprint density at radius 3 is 2.00 bits per heavy atom. The molecule has 26 heavy (non-hydrogen) atoms.